The van der Waals surface area contributed by atoms with Crippen LogP contribution in [0.4, 0.5) is 0 Å². The van der Waals surface area contributed by atoms with E-state index in [1.807, 2.05) is 21.1 Å². The zero-order chi connectivity index (χ0) is 42.7. The molecule has 0 bridgehead atoms. The van der Waals surface area contributed by atoms with Crippen LogP contribution < -0.4 is 0 Å². The Bertz CT molecular complexity index is 1110. The normalized spacial score (nSPS) is 14.2. The molecule has 58 heavy (non-hydrogen) atoms. The van der Waals surface area contributed by atoms with Crippen LogP contribution >= 0.6 is 7.82 Å². The molecule has 0 aromatic carbocycles. The average molecular weight is 837 g/mol. The maximum atomic E-state index is 12.7. The van der Waals surface area contributed by atoms with E-state index in [2.05, 4.69) is 74.6 Å². The highest BCUT2D eigenvalue weighted by atomic mass is 31.2. The molecule has 0 spiro atoms. The third kappa shape index (κ3) is 45.3. The molecule has 0 radical (unpaired) electrons. The summed E-state index contributed by atoms with van der Waals surface area (Å²) < 4.78 is 35.0. The average Bonchev–Trinajstić information content (AvgIpc) is 3.18. The molecule has 0 aromatic rings. The highest BCUT2D eigenvalue weighted by Crippen LogP contribution is 2.43. The first-order valence-corrected chi connectivity index (χ1v) is 25.0. The molecule has 0 fully saturated rings. The minimum Gasteiger partial charge on any atom is -0.457 e. The van der Waals surface area contributed by atoms with E-state index in [0.29, 0.717) is 24.1 Å². The molecule has 8 nitrogen and oxygen atoms in total. The lowest BCUT2D eigenvalue weighted by Crippen LogP contribution is -2.37. The van der Waals surface area contributed by atoms with Gasteiger partial charge in [-0.1, -0.05) is 164 Å². The van der Waals surface area contributed by atoms with Crippen LogP contribution in [0.5, 0.6) is 0 Å². The van der Waals surface area contributed by atoms with Crippen LogP contribution in [-0.2, 0) is 27.9 Å². The van der Waals surface area contributed by atoms with Gasteiger partial charge in [0.05, 0.1) is 34.4 Å². The summed E-state index contributed by atoms with van der Waals surface area (Å²) in [5, 5.41) is 0. The molecule has 0 saturated carbocycles. The van der Waals surface area contributed by atoms with Crippen molar-refractivity contribution >= 4 is 13.8 Å². The number of phosphoric ester groups is 1. The fourth-order valence-corrected chi connectivity index (χ4v) is 6.93. The number of rotatable bonds is 43. The molecule has 0 aliphatic carbocycles. The molecule has 338 valence electrons. The Hall–Kier alpha value is -1.80. The molecular weight excluding hydrogens is 746 g/mol. The number of carbonyl (C=O) groups is 1. The number of quaternary nitrogens is 1. The third-order valence-electron chi connectivity index (χ3n) is 9.81. The summed E-state index contributed by atoms with van der Waals surface area (Å²) in [7, 11) is 1.65. The molecule has 1 N–H and O–H groups in total. The lowest BCUT2D eigenvalue weighted by molar-refractivity contribution is -0.870. The monoisotopic (exact) mass is 837 g/mol. The van der Waals surface area contributed by atoms with Crippen LogP contribution in [-0.4, -0.2) is 75.6 Å². The van der Waals surface area contributed by atoms with Crippen molar-refractivity contribution in [3.05, 3.63) is 60.8 Å². The number of nitrogens with zero attached hydrogens (tertiary/aromatic N) is 1. The molecular formula is C49H91NO7P+. The summed E-state index contributed by atoms with van der Waals surface area (Å²) in [6.45, 7) is 5.48. The molecule has 0 heterocycles. The minimum absolute atomic E-state index is 0.0835. The molecule has 0 aliphatic heterocycles. The summed E-state index contributed by atoms with van der Waals surface area (Å²) in [4.78, 5) is 22.9. The quantitative estimate of drug-likeness (QED) is 0.0215. The van der Waals surface area contributed by atoms with Gasteiger partial charge in [0.2, 0.25) is 0 Å². The molecule has 0 rings (SSSR count). The van der Waals surface area contributed by atoms with E-state index in [9.17, 15) is 14.3 Å². The fraction of sp³-hybridized carbons (Fsp3) is 0.776. The number of unbranched alkanes of at least 4 members (excludes halogenated alkanes) is 19. The largest absolute Gasteiger partial charge is 0.472 e. The van der Waals surface area contributed by atoms with E-state index < -0.39 is 13.9 Å². The summed E-state index contributed by atoms with van der Waals surface area (Å²) >= 11 is 0. The van der Waals surface area contributed by atoms with Crippen molar-refractivity contribution in [2.24, 2.45) is 0 Å². The van der Waals surface area contributed by atoms with E-state index in [1.54, 1.807) is 0 Å². The van der Waals surface area contributed by atoms with Crippen LogP contribution in [0, 0.1) is 0 Å². The molecule has 9 heteroatoms. The highest BCUT2D eigenvalue weighted by molar-refractivity contribution is 7.47. The number of hydrogen-bond acceptors (Lipinski definition) is 6. The van der Waals surface area contributed by atoms with Crippen LogP contribution in [0.25, 0.3) is 0 Å². The standard InChI is InChI=1S/C49H90NO7P/c1-6-8-10-12-14-16-18-20-22-23-24-25-26-27-28-30-32-34-36-38-40-42-49(51)57-48(47-56-58(52,53)55-45-43-50(3,4)5)46-54-44-41-39-37-35-33-31-29-21-19-17-15-13-11-9-7-2/h8,10,14,16,19-22,24-25,48H,6-7,9,11-13,15,17-18,23,26-47H2,1-5H3/p+1/b10-8-,16-14-,21-19-,22-20-,25-24-. The Morgan fingerprint density at radius 3 is 1.52 bits per heavy atom. The Morgan fingerprint density at radius 2 is 1.00 bits per heavy atom. The third-order valence-corrected chi connectivity index (χ3v) is 10.8. The van der Waals surface area contributed by atoms with E-state index in [4.69, 9.17) is 18.5 Å². The summed E-state index contributed by atoms with van der Waals surface area (Å²) in [5.41, 5.74) is 0. The van der Waals surface area contributed by atoms with Crippen molar-refractivity contribution in [1.82, 2.24) is 0 Å². The Kier molecular flexibility index (Phi) is 40.6. The summed E-state index contributed by atoms with van der Waals surface area (Å²) in [6.07, 6.45) is 52.5. The van der Waals surface area contributed by atoms with E-state index in [1.165, 1.54) is 103 Å². The second-order valence-corrected chi connectivity index (χ2v) is 18.2. The number of ether oxygens (including phenoxy) is 2. The number of phosphoric acid groups is 1. The van der Waals surface area contributed by atoms with Crippen molar-refractivity contribution in [3.8, 4) is 0 Å². The predicted octanol–water partition coefficient (Wildman–Crippen LogP) is 14.1. The van der Waals surface area contributed by atoms with Crippen LogP contribution in [0.2, 0.25) is 0 Å². The topological polar surface area (TPSA) is 91.3 Å². The van der Waals surface area contributed by atoms with Crippen LogP contribution in [0.3, 0.4) is 0 Å². The smallest absolute Gasteiger partial charge is 0.457 e. The maximum absolute atomic E-state index is 12.7. The van der Waals surface area contributed by atoms with Gasteiger partial charge in [0, 0.05) is 13.0 Å². The lowest BCUT2D eigenvalue weighted by atomic mass is 10.1. The summed E-state index contributed by atoms with van der Waals surface area (Å²) in [5.74, 6) is -0.325. The number of carbonyl (C=O) groups excluding carboxylic acids is 1. The fourth-order valence-electron chi connectivity index (χ4n) is 6.19. The second-order valence-electron chi connectivity index (χ2n) is 16.8. The summed E-state index contributed by atoms with van der Waals surface area (Å²) in [6, 6.07) is 0. The van der Waals surface area contributed by atoms with E-state index >= 15 is 0 Å². The highest BCUT2D eigenvalue weighted by Gasteiger charge is 2.26. The molecule has 0 saturated heterocycles. The van der Waals surface area contributed by atoms with Gasteiger partial charge in [0.25, 0.3) is 0 Å². The van der Waals surface area contributed by atoms with Crippen molar-refractivity contribution in [2.75, 3.05) is 54.1 Å². The predicted molar refractivity (Wildman–Crippen MR) is 247 cm³/mol. The van der Waals surface area contributed by atoms with Gasteiger partial charge in [-0.2, -0.15) is 0 Å². The van der Waals surface area contributed by atoms with Gasteiger partial charge in [-0.25, -0.2) is 4.57 Å². The van der Waals surface area contributed by atoms with Gasteiger partial charge in [-0.3, -0.25) is 13.8 Å². The lowest BCUT2D eigenvalue weighted by Gasteiger charge is -2.24. The Morgan fingerprint density at radius 1 is 0.552 bits per heavy atom. The van der Waals surface area contributed by atoms with Crippen molar-refractivity contribution in [3.63, 3.8) is 0 Å². The van der Waals surface area contributed by atoms with Gasteiger partial charge in [-0.15, -0.1) is 0 Å². The maximum Gasteiger partial charge on any atom is 0.472 e. The SMILES string of the molecule is CC/C=C\C/C=C\C/C=C\C/C=C\CCCCCCCCCCC(=O)OC(COCCCCCCCC/C=C\CCCCCCC)COP(=O)(O)OCC[N+](C)(C)C. The number of allylic oxidation sites excluding steroid dienone is 10. The zero-order valence-electron chi connectivity index (χ0n) is 38.3. The van der Waals surface area contributed by atoms with Gasteiger partial charge in [0.1, 0.15) is 19.3 Å². The minimum atomic E-state index is -4.28. The van der Waals surface area contributed by atoms with Gasteiger partial charge >= 0.3 is 13.8 Å². The molecule has 0 amide bonds. The number of likely N-dealkylation sites (N-methyl/N-ethyl adjacent to an activating group) is 1. The number of hydrogen-bond donors (Lipinski definition) is 1. The van der Waals surface area contributed by atoms with Crippen molar-refractivity contribution in [1.29, 1.82) is 0 Å². The molecule has 0 aromatic heterocycles. The Labute approximate surface area is 358 Å². The second kappa shape index (κ2) is 41.9. The van der Waals surface area contributed by atoms with E-state index in [-0.39, 0.29) is 25.8 Å². The first kappa shape index (κ1) is 56.2. The van der Waals surface area contributed by atoms with Crippen molar-refractivity contribution < 1.29 is 37.3 Å². The molecule has 2 unspecified atom stereocenters. The van der Waals surface area contributed by atoms with Gasteiger partial charge in [0.15, 0.2) is 0 Å². The van der Waals surface area contributed by atoms with Crippen LogP contribution in [0.1, 0.15) is 187 Å². The Balaban J connectivity index is 4.22. The van der Waals surface area contributed by atoms with Gasteiger partial charge < -0.3 is 18.9 Å². The zero-order valence-corrected chi connectivity index (χ0v) is 39.2. The van der Waals surface area contributed by atoms with Crippen molar-refractivity contribution in [2.45, 2.75) is 193 Å². The van der Waals surface area contributed by atoms with Crippen LogP contribution in [0.15, 0.2) is 60.8 Å². The molecule has 0 aliphatic rings. The van der Waals surface area contributed by atoms with E-state index in [0.717, 1.165) is 64.2 Å². The molecule has 2 atom stereocenters. The van der Waals surface area contributed by atoms with Gasteiger partial charge in [-0.05, 0) is 77.0 Å². The number of esters is 1. The first-order valence-electron chi connectivity index (χ1n) is 23.5. The first-order chi connectivity index (χ1) is 28.1.